The summed E-state index contributed by atoms with van der Waals surface area (Å²) in [6.07, 6.45) is 6.74. The van der Waals surface area contributed by atoms with Crippen molar-refractivity contribution in [3.63, 3.8) is 0 Å². The Labute approximate surface area is 101 Å². The average Bonchev–Trinajstić information content (AvgIpc) is 2.97. The van der Waals surface area contributed by atoms with Crippen LogP contribution in [0.15, 0.2) is 0 Å². The van der Waals surface area contributed by atoms with E-state index in [1.165, 1.54) is 32.1 Å². The smallest absolute Gasteiger partial charge is 0.0618 e. The van der Waals surface area contributed by atoms with Gasteiger partial charge in [0.05, 0.1) is 6.61 Å². The Morgan fingerprint density at radius 2 is 1.94 bits per heavy atom. The van der Waals surface area contributed by atoms with Gasteiger partial charge in [0.25, 0.3) is 0 Å². The zero-order valence-corrected chi connectivity index (χ0v) is 11.5. The van der Waals surface area contributed by atoms with E-state index in [0.717, 1.165) is 19.1 Å². The van der Waals surface area contributed by atoms with Gasteiger partial charge in [-0.05, 0) is 43.6 Å². The standard InChI is InChI=1S/C14H29NO/c1-14(2,3)9-5-6-10-15-13(11-16-4)12-7-8-12/h12-13,15H,5-11H2,1-4H3. The summed E-state index contributed by atoms with van der Waals surface area (Å²) in [6, 6.07) is 0.611. The van der Waals surface area contributed by atoms with Crippen molar-refractivity contribution in [3.8, 4) is 0 Å². The van der Waals surface area contributed by atoms with Crippen LogP contribution in [0.5, 0.6) is 0 Å². The molecule has 1 aliphatic carbocycles. The molecule has 1 saturated carbocycles. The molecule has 0 saturated heterocycles. The Morgan fingerprint density at radius 1 is 1.25 bits per heavy atom. The zero-order valence-electron chi connectivity index (χ0n) is 11.5. The molecule has 0 aromatic rings. The number of rotatable bonds is 8. The van der Waals surface area contributed by atoms with Crippen LogP contribution in [0.2, 0.25) is 0 Å². The van der Waals surface area contributed by atoms with Crippen LogP contribution in [0.1, 0.15) is 52.9 Å². The van der Waals surface area contributed by atoms with Gasteiger partial charge in [-0.1, -0.05) is 27.2 Å². The Hall–Kier alpha value is -0.0800. The number of methoxy groups -OCH3 is 1. The second-order valence-corrected chi connectivity index (χ2v) is 6.37. The Bertz CT molecular complexity index is 182. The number of nitrogens with one attached hydrogen (secondary N) is 1. The quantitative estimate of drug-likeness (QED) is 0.643. The molecule has 0 aromatic carbocycles. The number of ether oxygens (including phenoxy) is 1. The van der Waals surface area contributed by atoms with Crippen molar-refractivity contribution in [2.75, 3.05) is 20.3 Å². The highest BCUT2D eigenvalue weighted by atomic mass is 16.5. The molecule has 1 atom stereocenters. The van der Waals surface area contributed by atoms with Gasteiger partial charge in [-0.3, -0.25) is 0 Å². The van der Waals surface area contributed by atoms with E-state index in [4.69, 9.17) is 4.74 Å². The van der Waals surface area contributed by atoms with Gasteiger partial charge < -0.3 is 10.1 Å². The summed E-state index contributed by atoms with van der Waals surface area (Å²) >= 11 is 0. The van der Waals surface area contributed by atoms with Crippen LogP contribution in [-0.4, -0.2) is 26.3 Å². The summed E-state index contributed by atoms with van der Waals surface area (Å²) in [4.78, 5) is 0. The maximum absolute atomic E-state index is 5.25. The maximum atomic E-state index is 5.25. The molecule has 0 aromatic heterocycles. The lowest BCUT2D eigenvalue weighted by molar-refractivity contribution is 0.157. The van der Waals surface area contributed by atoms with Crippen molar-refractivity contribution < 1.29 is 4.74 Å². The van der Waals surface area contributed by atoms with Crippen LogP contribution in [0.3, 0.4) is 0 Å². The Morgan fingerprint density at radius 3 is 2.44 bits per heavy atom. The van der Waals surface area contributed by atoms with Gasteiger partial charge in [0.15, 0.2) is 0 Å². The van der Waals surface area contributed by atoms with E-state index >= 15 is 0 Å². The molecule has 2 heteroatoms. The largest absolute Gasteiger partial charge is 0.383 e. The summed E-state index contributed by atoms with van der Waals surface area (Å²) in [5.74, 6) is 0.891. The van der Waals surface area contributed by atoms with E-state index in [-0.39, 0.29) is 0 Å². The van der Waals surface area contributed by atoms with Gasteiger partial charge in [0.2, 0.25) is 0 Å². The molecule has 1 fully saturated rings. The summed E-state index contributed by atoms with van der Waals surface area (Å²) < 4.78 is 5.25. The molecule has 0 aliphatic heterocycles. The second-order valence-electron chi connectivity index (χ2n) is 6.37. The molecule has 1 aliphatic rings. The molecule has 1 unspecified atom stereocenters. The molecule has 0 amide bonds. The van der Waals surface area contributed by atoms with E-state index < -0.39 is 0 Å². The molecule has 1 rings (SSSR count). The summed E-state index contributed by atoms with van der Waals surface area (Å²) in [5.41, 5.74) is 0.489. The number of hydrogen-bond donors (Lipinski definition) is 1. The molecule has 0 radical (unpaired) electrons. The number of hydrogen-bond acceptors (Lipinski definition) is 2. The maximum Gasteiger partial charge on any atom is 0.0618 e. The van der Waals surface area contributed by atoms with Crippen LogP contribution >= 0.6 is 0 Å². The van der Waals surface area contributed by atoms with E-state index in [1.54, 1.807) is 7.11 Å². The highest BCUT2D eigenvalue weighted by molar-refractivity contribution is 4.86. The fourth-order valence-electron chi connectivity index (χ4n) is 2.11. The first kappa shape index (κ1) is 14.0. The fraction of sp³-hybridized carbons (Fsp3) is 1.00. The third kappa shape index (κ3) is 6.49. The minimum atomic E-state index is 0.489. The average molecular weight is 227 g/mol. The van der Waals surface area contributed by atoms with Crippen LogP contribution < -0.4 is 5.32 Å². The Kier molecular flexibility index (Phi) is 5.77. The summed E-state index contributed by atoms with van der Waals surface area (Å²) in [6.45, 7) is 8.99. The normalized spacial score (nSPS) is 18.8. The third-order valence-corrected chi connectivity index (χ3v) is 3.30. The first-order chi connectivity index (χ1) is 7.53. The van der Waals surface area contributed by atoms with Crippen molar-refractivity contribution in [2.24, 2.45) is 11.3 Å². The summed E-state index contributed by atoms with van der Waals surface area (Å²) in [5, 5.41) is 3.64. The predicted octanol–water partition coefficient (Wildman–Crippen LogP) is 3.22. The van der Waals surface area contributed by atoms with Crippen molar-refractivity contribution in [2.45, 2.75) is 58.9 Å². The van der Waals surface area contributed by atoms with Crippen LogP contribution in [0.4, 0.5) is 0 Å². The fourth-order valence-corrected chi connectivity index (χ4v) is 2.11. The van der Waals surface area contributed by atoms with Gasteiger partial charge in [0.1, 0.15) is 0 Å². The SMILES string of the molecule is COCC(NCCCCC(C)(C)C)C1CC1. The highest BCUT2D eigenvalue weighted by Crippen LogP contribution is 2.32. The minimum absolute atomic E-state index is 0.489. The molecular formula is C14H29NO. The lowest BCUT2D eigenvalue weighted by Gasteiger charge is -2.19. The van der Waals surface area contributed by atoms with Crippen LogP contribution in [0, 0.1) is 11.3 Å². The molecule has 2 nitrogen and oxygen atoms in total. The lowest BCUT2D eigenvalue weighted by atomic mass is 9.90. The van der Waals surface area contributed by atoms with Crippen molar-refractivity contribution in [1.29, 1.82) is 0 Å². The van der Waals surface area contributed by atoms with E-state index in [0.29, 0.717) is 11.5 Å². The molecule has 0 bridgehead atoms. The summed E-state index contributed by atoms with van der Waals surface area (Å²) in [7, 11) is 1.80. The monoisotopic (exact) mass is 227 g/mol. The van der Waals surface area contributed by atoms with Gasteiger partial charge >= 0.3 is 0 Å². The molecule has 96 valence electrons. The topological polar surface area (TPSA) is 21.3 Å². The molecule has 16 heavy (non-hydrogen) atoms. The lowest BCUT2D eigenvalue weighted by Crippen LogP contribution is -2.35. The van der Waals surface area contributed by atoms with Crippen LogP contribution in [-0.2, 0) is 4.74 Å². The van der Waals surface area contributed by atoms with Crippen molar-refractivity contribution in [1.82, 2.24) is 5.32 Å². The van der Waals surface area contributed by atoms with Gasteiger partial charge in [0, 0.05) is 13.2 Å². The van der Waals surface area contributed by atoms with Gasteiger partial charge in [-0.15, -0.1) is 0 Å². The van der Waals surface area contributed by atoms with E-state index in [1.807, 2.05) is 0 Å². The number of unbranched alkanes of at least 4 members (excludes halogenated alkanes) is 1. The molecule has 0 spiro atoms. The van der Waals surface area contributed by atoms with E-state index in [9.17, 15) is 0 Å². The van der Waals surface area contributed by atoms with E-state index in [2.05, 4.69) is 26.1 Å². The first-order valence-electron chi connectivity index (χ1n) is 6.75. The zero-order chi connectivity index (χ0) is 12.0. The third-order valence-electron chi connectivity index (χ3n) is 3.30. The molecular weight excluding hydrogens is 198 g/mol. The van der Waals surface area contributed by atoms with Crippen LogP contribution in [0.25, 0.3) is 0 Å². The highest BCUT2D eigenvalue weighted by Gasteiger charge is 2.30. The van der Waals surface area contributed by atoms with Crippen molar-refractivity contribution in [3.05, 3.63) is 0 Å². The first-order valence-corrected chi connectivity index (χ1v) is 6.75. The predicted molar refractivity (Wildman–Crippen MR) is 69.7 cm³/mol. The minimum Gasteiger partial charge on any atom is -0.383 e. The molecule has 0 heterocycles. The van der Waals surface area contributed by atoms with Crippen molar-refractivity contribution >= 4 is 0 Å². The molecule has 1 N–H and O–H groups in total. The second kappa shape index (κ2) is 6.61. The Balaban J connectivity index is 2.00. The van der Waals surface area contributed by atoms with Gasteiger partial charge in [-0.2, -0.15) is 0 Å². The van der Waals surface area contributed by atoms with Gasteiger partial charge in [-0.25, -0.2) is 0 Å².